The Hall–Kier alpha value is -2.34. The monoisotopic (exact) mass is 358 g/mol. The van der Waals surface area contributed by atoms with Crippen molar-refractivity contribution in [1.82, 2.24) is 0 Å². The van der Waals surface area contributed by atoms with Crippen LogP contribution >= 0.6 is 11.3 Å². The standard InChI is InChI=1S/C19H22N2O3S/c1-12-7-8-14-15(11-12)25-19(17(14)18(20)23)21-16(22)9-10-24-13-5-3-2-4-6-13/h2-6,12H,7-11H2,1H3,(H2,20,23)(H,21,22)/t12-/m1/s1. The molecule has 6 heteroatoms. The Balaban J connectivity index is 1.64. The van der Waals surface area contributed by atoms with Crippen molar-refractivity contribution in [2.24, 2.45) is 11.7 Å². The summed E-state index contributed by atoms with van der Waals surface area (Å²) in [5.74, 6) is 0.677. The molecule has 132 valence electrons. The van der Waals surface area contributed by atoms with Crippen LogP contribution in [-0.2, 0) is 17.6 Å². The lowest BCUT2D eigenvalue weighted by Gasteiger charge is -2.18. The number of thiophene rings is 1. The molecule has 1 atom stereocenters. The average Bonchev–Trinajstić information content (AvgIpc) is 2.92. The van der Waals surface area contributed by atoms with Crippen molar-refractivity contribution >= 4 is 28.2 Å². The van der Waals surface area contributed by atoms with Crippen LogP contribution in [0.5, 0.6) is 5.75 Å². The zero-order chi connectivity index (χ0) is 17.8. The molecule has 0 fully saturated rings. The molecule has 2 aromatic rings. The number of hydrogen-bond donors (Lipinski definition) is 2. The van der Waals surface area contributed by atoms with E-state index in [0.717, 1.165) is 30.6 Å². The number of nitrogens with two attached hydrogens (primary N) is 1. The number of carbonyl (C=O) groups is 2. The summed E-state index contributed by atoms with van der Waals surface area (Å²) < 4.78 is 5.54. The molecule has 2 amide bonds. The number of nitrogens with one attached hydrogen (secondary N) is 1. The van der Waals surface area contributed by atoms with E-state index >= 15 is 0 Å². The van der Waals surface area contributed by atoms with Crippen LogP contribution in [0.25, 0.3) is 0 Å². The summed E-state index contributed by atoms with van der Waals surface area (Å²) in [6, 6.07) is 9.36. The number of benzene rings is 1. The summed E-state index contributed by atoms with van der Waals surface area (Å²) in [4.78, 5) is 25.3. The first-order valence-electron chi connectivity index (χ1n) is 8.46. The minimum Gasteiger partial charge on any atom is -0.493 e. The van der Waals surface area contributed by atoms with Crippen molar-refractivity contribution in [2.45, 2.75) is 32.6 Å². The number of amides is 2. The van der Waals surface area contributed by atoms with Crippen LogP contribution in [-0.4, -0.2) is 18.4 Å². The van der Waals surface area contributed by atoms with Gasteiger partial charge in [-0.15, -0.1) is 11.3 Å². The van der Waals surface area contributed by atoms with Crippen molar-refractivity contribution in [3.05, 3.63) is 46.3 Å². The fraction of sp³-hybridized carbons (Fsp3) is 0.368. The Morgan fingerprint density at radius 2 is 2.08 bits per heavy atom. The highest BCUT2D eigenvalue weighted by Gasteiger charge is 2.27. The molecule has 0 spiro atoms. The molecule has 1 aliphatic rings. The van der Waals surface area contributed by atoms with Gasteiger partial charge in [0.1, 0.15) is 10.8 Å². The first kappa shape index (κ1) is 17.5. The van der Waals surface area contributed by atoms with Crippen LogP contribution in [0.1, 0.15) is 40.6 Å². The molecular formula is C19H22N2O3S. The van der Waals surface area contributed by atoms with Crippen molar-refractivity contribution in [3.63, 3.8) is 0 Å². The number of ether oxygens (including phenoxy) is 1. The van der Waals surface area contributed by atoms with Gasteiger partial charge in [0.2, 0.25) is 5.91 Å². The first-order chi connectivity index (χ1) is 12.0. The van der Waals surface area contributed by atoms with Crippen LogP contribution in [0.2, 0.25) is 0 Å². The maximum atomic E-state index is 12.2. The van der Waals surface area contributed by atoms with Gasteiger partial charge in [0.05, 0.1) is 18.6 Å². The Labute approximate surface area is 151 Å². The van der Waals surface area contributed by atoms with Crippen molar-refractivity contribution < 1.29 is 14.3 Å². The number of hydrogen-bond acceptors (Lipinski definition) is 4. The van der Waals surface area contributed by atoms with Crippen LogP contribution in [0.3, 0.4) is 0 Å². The van der Waals surface area contributed by atoms with E-state index in [4.69, 9.17) is 10.5 Å². The van der Waals surface area contributed by atoms with Gasteiger partial charge in [-0.1, -0.05) is 25.1 Å². The quantitative estimate of drug-likeness (QED) is 0.830. The predicted octanol–water partition coefficient (Wildman–Crippen LogP) is 3.38. The van der Waals surface area contributed by atoms with E-state index in [1.165, 1.54) is 16.2 Å². The molecule has 0 radical (unpaired) electrons. The summed E-state index contributed by atoms with van der Waals surface area (Å²) in [6.45, 7) is 2.48. The minimum atomic E-state index is -0.470. The highest BCUT2D eigenvalue weighted by Crippen LogP contribution is 2.39. The maximum Gasteiger partial charge on any atom is 0.251 e. The van der Waals surface area contributed by atoms with Crippen molar-refractivity contribution in [1.29, 1.82) is 0 Å². The SMILES string of the molecule is C[C@@H]1CCc2c(sc(NC(=O)CCOc3ccccc3)c2C(N)=O)C1. The third-order valence-electron chi connectivity index (χ3n) is 4.35. The van der Waals surface area contributed by atoms with E-state index in [2.05, 4.69) is 12.2 Å². The van der Waals surface area contributed by atoms with Gasteiger partial charge in [-0.3, -0.25) is 9.59 Å². The van der Waals surface area contributed by atoms with Gasteiger partial charge in [-0.25, -0.2) is 0 Å². The molecule has 5 nitrogen and oxygen atoms in total. The van der Waals surface area contributed by atoms with Gasteiger partial charge >= 0.3 is 0 Å². The lowest BCUT2D eigenvalue weighted by atomic mass is 9.88. The molecule has 0 unspecified atom stereocenters. The zero-order valence-electron chi connectivity index (χ0n) is 14.2. The second-order valence-corrected chi connectivity index (χ2v) is 7.49. The van der Waals surface area contributed by atoms with Gasteiger partial charge in [-0.05, 0) is 42.9 Å². The second-order valence-electron chi connectivity index (χ2n) is 6.38. The second kappa shape index (κ2) is 7.70. The highest BCUT2D eigenvalue weighted by molar-refractivity contribution is 7.17. The Morgan fingerprint density at radius 1 is 1.32 bits per heavy atom. The van der Waals surface area contributed by atoms with E-state index in [-0.39, 0.29) is 18.9 Å². The lowest BCUT2D eigenvalue weighted by Crippen LogP contribution is -2.20. The van der Waals surface area contributed by atoms with E-state index in [0.29, 0.717) is 16.5 Å². The van der Waals surface area contributed by atoms with E-state index < -0.39 is 5.91 Å². The van der Waals surface area contributed by atoms with Gasteiger partial charge in [0.25, 0.3) is 5.91 Å². The third-order valence-corrected chi connectivity index (χ3v) is 5.52. The number of fused-ring (bicyclic) bond motifs is 1. The fourth-order valence-electron chi connectivity index (χ4n) is 3.07. The summed E-state index contributed by atoms with van der Waals surface area (Å²) in [6.07, 6.45) is 3.04. The number of primary amides is 1. The number of para-hydroxylation sites is 1. The smallest absolute Gasteiger partial charge is 0.251 e. The average molecular weight is 358 g/mol. The Bertz CT molecular complexity index is 770. The van der Waals surface area contributed by atoms with Gasteiger partial charge in [0, 0.05) is 4.88 Å². The largest absolute Gasteiger partial charge is 0.493 e. The number of anilines is 1. The first-order valence-corrected chi connectivity index (χ1v) is 9.28. The Kier molecular flexibility index (Phi) is 5.38. The molecule has 0 saturated carbocycles. The van der Waals surface area contributed by atoms with Gasteiger partial charge in [-0.2, -0.15) is 0 Å². The summed E-state index contributed by atoms with van der Waals surface area (Å²) in [5, 5.41) is 3.43. The summed E-state index contributed by atoms with van der Waals surface area (Å²) in [5.41, 5.74) is 7.07. The van der Waals surface area contributed by atoms with Crippen molar-refractivity contribution in [3.8, 4) is 5.75 Å². The van der Waals surface area contributed by atoms with Crippen LogP contribution < -0.4 is 15.8 Å². The molecule has 0 saturated heterocycles. The molecule has 0 aliphatic heterocycles. The van der Waals surface area contributed by atoms with Crippen LogP contribution in [0.4, 0.5) is 5.00 Å². The normalized spacial score (nSPS) is 16.1. The molecule has 1 heterocycles. The molecule has 1 aliphatic carbocycles. The van der Waals surface area contributed by atoms with Crippen LogP contribution in [0, 0.1) is 5.92 Å². The third kappa shape index (κ3) is 4.20. The van der Waals surface area contributed by atoms with Gasteiger partial charge in [0.15, 0.2) is 0 Å². The molecule has 1 aromatic heterocycles. The maximum absolute atomic E-state index is 12.2. The Morgan fingerprint density at radius 3 is 2.80 bits per heavy atom. The topological polar surface area (TPSA) is 81.4 Å². The number of rotatable bonds is 6. The molecule has 25 heavy (non-hydrogen) atoms. The van der Waals surface area contributed by atoms with Crippen molar-refractivity contribution in [2.75, 3.05) is 11.9 Å². The van der Waals surface area contributed by atoms with E-state index in [1.807, 2.05) is 30.3 Å². The van der Waals surface area contributed by atoms with E-state index in [1.54, 1.807) is 0 Å². The molecule has 0 bridgehead atoms. The molecular weight excluding hydrogens is 336 g/mol. The van der Waals surface area contributed by atoms with Crippen LogP contribution in [0.15, 0.2) is 30.3 Å². The fourth-order valence-corrected chi connectivity index (χ4v) is 4.50. The minimum absolute atomic E-state index is 0.176. The number of carbonyl (C=O) groups excluding carboxylic acids is 2. The lowest BCUT2D eigenvalue weighted by molar-refractivity contribution is -0.116. The van der Waals surface area contributed by atoms with E-state index in [9.17, 15) is 9.59 Å². The molecule has 3 N–H and O–H groups in total. The van der Waals surface area contributed by atoms with Gasteiger partial charge < -0.3 is 15.8 Å². The highest BCUT2D eigenvalue weighted by atomic mass is 32.1. The summed E-state index contributed by atoms with van der Waals surface area (Å²) >= 11 is 1.48. The predicted molar refractivity (Wildman–Crippen MR) is 99.2 cm³/mol. The molecule has 3 rings (SSSR count). The molecule has 1 aromatic carbocycles. The zero-order valence-corrected chi connectivity index (χ0v) is 15.0. The summed E-state index contributed by atoms with van der Waals surface area (Å²) in [7, 11) is 0.